The van der Waals surface area contributed by atoms with E-state index in [1.54, 1.807) is 6.20 Å². The van der Waals surface area contributed by atoms with Gasteiger partial charge in [0.05, 0.1) is 18.7 Å². The molecule has 2 aliphatic heterocycles. The molecule has 0 radical (unpaired) electrons. The Morgan fingerprint density at radius 3 is 2.95 bits per heavy atom. The zero-order valence-electron chi connectivity index (χ0n) is 12.3. The van der Waals surface area contributed by atoms with Crippen molar-refractivity contribution in [2.24, 2.45) is 0 Å². The summed E-state index contributed by atoms with van der Waals surface area (Å²) in [5.41, 5.74) is 0.709. The minimum absolute atomic E-state index is 0.0165. The van der Waals surface area contributed by atoms with Crippen molar-refractivity contribution >= 4 is 17.4 Å². The summed E-state index contributed by atoms with van der Waals surface area (Å²) in [7, 11) is 0. The van der Waals surface area contributed by atoms with Crippen LogP contribution < -0.4 is 10.2 Å². The molecule has 1 atom stereocenters. The molecule has 0 spiro atoms. The van der Waals surface area contributed by atoms with E-state index in [2.05, 4.69) is 20.2 Å². The van der Waals surface area contributed by atoms with Gasteiger partial charge in [0.25, 0.3) is 0 Å². The van der Waals surface area contributed by atoms with E-state index in [-0.39, 0.29) is 12.0 Å². The van der Waals surface area contributed by atoms with Crippen LogP contribution in [0.4, 0.5) is 11.5 Å². The van der Waals surface area contributed by atoms with E-state index in [1.807, 2.05) is 0 Å². The zero-order valence-corrected chi connectivity index (χ0v) is 12.3. The average molecular weight is 290 g/mol. The predicted molar refractivity (Wildman–Crippen MR) is 80.3 cm³/mol. The van der Waals surface area contributed by atoms with E-state index >= 15 is 0 Å². The van der Waals surface area contributed by atoms with Crippen molar-refractivity contribution in [1.29, 1.82) is 0 Å². The quantitative estimate of drug-likeness (QED) is 0.918. The van der Waals surface area contributed by atoms with Gasteiger partial charge in [0.2, 0.25) is 5.91 Å². The SMILES string of the molecule is O=C(C[C@H]1CCCCO1)Nc1cncnc1N1CCCC1. The molecule has 0 unspecified atom stereocenters. The molecule has 3 heterocycles. The van der Waals surface area contributed by atoms with Crippen LogP contribution in [0.5, 0.6) is 0 Å². The molecule has 2 fully saturated rings. The molecule has 114 valence electrons. The first-order valence-corrected chi connectivity index (χ1v) is 7.79. The molecule has 2 aliphatic rings. The summed E-state index contributed by atoms with van der Waals surface area (Å²) >= 11 is 0. The van der Waals surface area contributed by atoms with Crippen LogP contribution in [0.25, 0.3) is 0 Å². The number of aromatic nitrogens is 2. The second kappa shape index (κ2) is 6.85. The predicted octanol–water partition coefficient (Wildman–Crippen LogP) is 1.97. The van der Waals surface area contributed by atoms with Crippen LogP contribution in [-0.2, 0) is 9.53 Å². The number of carbonyl (C=O) groups excluding carboxylic acids is 1. The first-order valence-electron chi connectivity index (χ1n) is 7.79. The summed E-state index contributed by atoms with van der Waals surface area (Å²) in [5, 5.41) is 2.95. The molecular weight excluding hydrogens is 268 g/mol. The van der Waals surface area contributed by atoms with Crippen LogP contribution in [0.3, 0.4) is 0 Å². The lowest BCUT2D eigenvalue weighted by atomic mass is 10.1. The molecule has 1 N–H and O–H groups in total. The average Bonchev–Trinajstić information content (AvgIpc) is 3.03. The van der Waals surface area contributed by atoms with Crippen LogP contribution in [-0.4, -0.2) is 41.7 Å². The van der Waals surface area contributed by atoms with E-state index in [1.165, 1.54) is 19.2 Å². The zero-order chi connectivity index (χ0) is 14.5. The molecule has 3 rings (SSSR count). The van der Waals surface area contributed by atoms with E-state index in [0.717, 1.165) is 44.8 Å². The van der Waals surface area contributed by atoms with E-state index in [9.17, 15) is 4.79 Å². The Bertz CT molecular complexity index is 482. The number of ether oxygens (including phenoxy) is 1. The maximum atomic E-state index is 12.2. The molecule has 2 saturated heterocycles. The lowest BCUT2D eigenvalue weighted by molar-refractivity contribution is -0.119. The number of hydrogen-bond donors (Lipinski definition) is 1. The monoisotopic (exact) mass is 290 g/mol. The number of nitrogens with one attached hydrogen (secondary N) is 1. The number of hydrogen-bond acceptors (Lipinski definition) is 5. The lowest BCUT2D eigenvalue weighted by Gasteiger charge is -2.23. The molecule has 0 aliphatic carbocycles. The summed E-state index contributed by atoms with van der Waals surface area (Å²) in [6, 6.07) is 0. The Kier molecular flexibility index (Phi) is 4.65. The van der Waals surface area contributed by atoms with Crippen LogP contribution >= 0.6 is 0 Å². The summed E-state index contributed by atoms with van der Waals surface area (Å²) in [4.78, 5) is 22.7. The van der Waals surface area contributed by atoms with Crippen LogP contribution in [0.2, 0.25) is 0 Å². The van der Waals surface area contributed by atoms with Gasteiger partial charge in [0, 0.05) is 19.7 Å². The number of rotatable bonds is 4. The highest BCUT2D eigenvalue weighted by Crippen LogP contribution is 2.26. The van der Waals surface area contributed by atoms with Gasteiger partial charge in [0.1, 0.15) is 12.0 Å². The second-order valence-corrected chi connectivity index (χ2v) is 5.70. The maximum Gasteiger partial charge on any atom is 0.227 e. The fourth-order valence-electron chi connectivity index (χ4n) is 2.97. The molecule has 1 aromatic heterocycles. The van der Waals surface area contributed by atoms with Crippen molar-refractivity contribution < 1.29 is 9.53 Å². The van der Waals surface area contributed by atoms with E-state index < -0.39 is 0 Å². The Hall–Kier alpha value is -1.69. The third-order valence-electron chi connectivity index (χ3n) is 4.06. The highest BCUT2D eigenvalue weighted by Gasteiger charge is 2.21. The van der Waals surface area contributed by atoms with Crippen LogP contribution in [0.15, 0.2) is 12.5 Å². The van der Waals surface area contributed by atoms with Crippen molar-refractivity contribution in [3.63, 3.8) is 0 Å². The molecule has 6 nitrogen and oxygen atoms in total. The first kappa shape index (κ1) is 14.3. The van der Waals surface area contributed by atoms with Gasteiger partial charge in [-0.2, -0.15) is 0 Å². The third kappa shape index (κ3) is 3.69. The summed E-state index contributed by atoms with van der Waals surface area (Å²) < 4.78 is 5.61. The van der Waals surface area contributed by atoms with Gasteiger partial charge < -0.3 is 15.0 Å². The maximum absolute atomic E-state index is 12.2. The molecule has 0 aromatic carbocycles. The van der Waals surface area contributed by atoms with Gasteiger partial charge in [-0.05, 0) is 32.1 Å². The van der Waals surface area contributed by atoms with Crippen molar-refractivity contribution in [1.82, 2.24) is 9.97 Å². The smallest absolute Gasteiger partial charge is 0.227 e. The fourth-order valence-corrected chi connectivity index (χ4v) is 2.97. The summed E-state index contributed by atoms with van der Waals surface area (Å²) in [6.07, 6.45) is 9.24. The van der Waals surface area contributed by atoms with Gasteiger partial charge in [-0.1, -0.05) is 0 Å². The highest BCUT2D eigenvalue weighted by atomic mass is 16.5. The van der Waals surface area contributed by atoms with Gasteiger partial charge in [0.15, 0.2) is 5.82 Å². The summed E-state index contributed by atoms with van der Waals surface area (Å²) in [5.74, 6) is 0.817. The Labute approximate surface area is 124 Å². The molecule has 6 heteroatoms. The number of carbonyl (C=O) groups is 1. The fraction of sp³-hybridized carbons (Fsp3) is 0.667. The van der Waals surface area contributed by atoms with Gasteiger partial charge >= 0.3 is 0 Å². The van der Waals surface area contributed by atoms with Crippen molar-refractivity contribution in [2.75, 3.05) is 29.9 Å². The minimum Gasteiger partial charge on any atom is -0.378 e. The largest absolute Gasteiger partial charge is 0.378 e. The normalized spacial score (nSPS) is 22.3. The van der Waals surface area contributed by atoms with Crippen molar-refractivity contribution in [2.45, 2.75) is 44.6 Å². The topological polar surface area (TPSA) is 67.3 Å². The lowest BCUT2D eigenvalue weighted by Crippen LogP contribution is -2.27. The number of nitrogens with zero attached hydrogens (tertiary/aromatic N) is 3. The van der Waals surface area contributed by atoms with Gasteiger partial charge in [-0.25, -0.2) is 9.97 Å². The molecular formula is C15H22N4O2. The first-order chi connectivity index (χ1) is 10.3. The summed E-state index contributed by atoms with van der Waals surface area (Å²) in [6.45, 7) is 2.75. The molecule has 1 amide bonds. The molecule has 21 heavy (non-hydrogen) atoms. The standard InChI is InChI=1S/C15H22N4O2/c20-14(9-12-5-1-4-8-21-12)18-13-10-16-11-17-15(13)19-6-2-3-7-19/h10-12H,1-9H2,(H,18,20)/t12-/m1/s1. The number of amides is 1. The number of anilines is 2. The Morgan fingerprint density at radius 1 is 1.33 bits per heavy atom. The molecule has 1 aromatic rings. The van der Waals surface area contributed by atoms with Crippen molar-refractivity contribution in [3.8, 4) is 0 Å². The van der Waals surface area contributed by atoms with E-state index in [4.69, 9.17) is 4.74 Å². The minimum atomic E-state index is -0.0165. The Balaban J connectivity index is 1.62. The van der Waals surface area contributed by atoms with Gasteiger partial charge in [-0.3, -0.25) is 4.79 Å². The Morgan fingerprint density at radius 2 is 2.19 bits per heavy atom. The van der Waals surface area contributed by atoms with Crippen molar-refractivity contribution in [3.05, 3.63) is 12.5 Å². The van der Waals surface area contributed by atoms with Crippen LogP contribution in [0.1, 0.15) is 38.5 Å². The second-order valence-electron chi connectivity index (χ2n) is 5.70. The van der Waals surface area contributed by atoms with E-state index in [0.29, 0.717) is 12.1 Å². The third-order valence-corrected chi connectivity index (χ3v) is 4.06. The van der Waals surface area contributed by atoms with Crippen LogP contribution in [0, 0.1) is 0 Å². The van der Waals surface area contributed by atoms with Gasteiger partial charge in [-0.15, -0.1) is 0 Å². The highest BCUT2D eigenvalue weighted by molar-refractivity contribution is 5.93. The molecule has 0 bridgehead atoms. The molecule has 0 saturated carbocycles.